The lowest BCUT2D eigenvalue weighted by atomic mass is 10.1. The quantitative estimate of drug-likeness (QED) is 0.687. The fraction of sp³-hybridized carbons (Fsp3) is 0.714. The molecule has 0 spiro atoms. The van der Waals surface area contributed by atoms with Crippen molar-refractivity contribution in [3.8, 4) is 0 Å². The fourth-order valence-electron chi connectivity index (χ4n) is 2.16. The molecule has 1 aromatic rings. The van der Waals surface area contributed by atoms with Crippen molar-refractivity contribution < 1.29 is 0 Å². The second-order valence-electron chi connectivity index (χ2n) is 4.78. The molecule has 19 heavy (non-hydrogen) atoms. The van der Waals surface area contributed by atoms with Crippen LogP contribution in [0.5, 0.6) is 0 Å². The molecule has 5 heteroatoms. The molecule has 0 amide bonds. The first-order valence-electron chi connectivity index (χ1n) is 6.80. The van der Waals surface area contributed by atoms with Crippen LogP contribution in [0.25, 0.3) is 0 Å². The Morgan fingerprint density at radius 3 is 2.32 bits per heavy atom. The highest BCUT2D eigenvalue weighted by molar-refractivity contribution is 7.99. The third kappa shape index (κ3) is 3.51. The summed E-state index contributed by atoms with van der Waals surface area (Å²) < 4.78 is 0.501. The molecule has 1 aromatic carbocycles. The van der Waals surface area contributed by atoms with E-state index in [1.54, 1.807) is 0 Å². The van der Waals surface area contributed by atoms with Gasteiger partial charge in [0, 0.05) is 31.9 Å². The van der Waals surface area contributed by atoms with Crippen LogP contribution in [0, 0.1) is 4.51 Å². The summed E-state index contributed by atoms with van der Waals surface area (Å²) in [6, 6.07) is 0. The minimum atomic E-state index is 0.0402. The molecule has 0 aliphatic heterocycles. The van der Waals surface area contributed by atoms with Crippen molar-refractivity contribution in [3.63, 3.8) is 0 Å². The van der Waals surface area contributed by atoms with Crippen molar-refractivity contribution in [2.45, 2.75) is 32.4 Å². The minimum absolute atomic E-state index is 0.0402. The van der Waals surface area contributed by atoms with Gasteiger partial charge in [-0.1, -0.05) is 19.1 Å². The molecule has 0 N–H and O–H groups in total. The van der Waals surface area contributed by atoms with E-state index in [0.29, 0.717) is 9.76 Å². The van der Waals surface area contributed by atoms with Crippen LogP contribution in [-0.2, 0) is 0 Å². The summed E-state index contributed by atoms with van der Waals surface area (Å²) >= 11 is 7.09. The summed E-state index contributed by atoms with van der Waals surface area (Å²) in [6.45, 7) is 8.99. The summed E-state index contributed by atoms with van der Waals surface area (Å²) in [6.07, 6.45) is 3.23. The standard InChI is InChI=1S/C14H24N2OS2/c1-6-16(7-2)11-12(14(18)13(11)17)15(4)9-8-10(3)19-5/h10H,6-9H2,1-5H3. The molecule has 108 valence electrons. The largest absolute Gasteiger partial charge is 0.371 e. The average molecular weight is 300 g/mol. The van der Waals surface area contributed by atoms with E-state index in [4.69, 9.17) is 12.2 Å². The molecule has 0 heterocycles. The first-order valence-corrected chi connectivity index (χ1v) is 8.49. The molecule has 0 radical (unpaired) electrons. The summed E-state index contributed by atoms with van der Waals surface area (Å²) in [5.41, 5.74) is 1.82. The van der Waals surface area contributed by atoms with Crippen molar-refractivity contribution in [1.82, 2.24) is 0 Å². The zero-order valence-corrected chi connectivity index (χ0v) is 14.2. The predicted octanol–water partition coefficient (Wildman–Crippen LogP) is 3.08. The Balaban J connectivity index is 2.86. The van der Waals surface area contributed by atoms with E-state index in [1.807, 2.05) is 18.8 Å². The Bertz CT molecular complexity index is 476. The Hall–Kier alpha value is -0.550. The van der Waals surface area contributed by atoms with Crippen LogP contribution in [0.3, 0.4) is 0 Å². The molecule has 1 atom stereocenters. The zero-order valence-electron chi connectivity index (χ0n) is 12.5. The average Bonchev–Trinajstić information content (AvgIpc) is 2.43. The monoisotopic (exact) mass is 300 g/mol. The van der Waals surface area contributed by atoms with E-state index in [2.05, 4.69) is 36.8 Å². The van der Waals surface area contributed by atoms with Crippen LogP contribution in [-0.4, -0.2) is 38.2 Å². The maximum Gasteiger partial charge on any atom is 0.224 e. The summed E-state index contributed by atoms with van der Waals surface area (Å²) in [4.78, 5) is 16.2. The summed E-state index contributed by atoms with van der Waals surface area (Å²) in [5.74, 6) is 0. The molecular weight excluding hydrogens is 276 g/mol. The van der Waals surface area contributed by atoms with Crippen molar-refractivity contribution >= 4 is 35.4 Å². The normalized spacial score (nSPS) is 12.7. The van der Waals surface area contributed by atoms with Gasteiger partial charge in [-0.3, -0.25) is 4.79 Å². The van der Waals surface area contributed by atoms with Gasteiger partial charge in [0.25, 0.3) is 0 Å². The van der Waals surface area contributed by atoms with Gasteiger partial charge in [0.15, 0.2) is 0 Å². The Morgan fingerprint density at radius 2 is 1.84 bits per heavy atom. The van der Waals surface area contributed by atoms with E-state index in [-0.39, 0.29) is 5.43 Å². The highest BCUT2D eigenvalue weighted by Crippen LogP contribution is 2.30. The predicted molar refractivity (Wildman–Crippen MR) is 90.3 cm³/mol. The molecule has 0 bridgehead atoms. The minimum Gasteiger partial charge on any atom is -0.371 e. The smallest absolute Gasteiger partial charge is 0.224 e. The number of nitrogens with zero attached hydrogens (tertiary/aromatic N) is 2. The van der Waals surface area contributed by atoms with Gasteiger partial charge in [-0.2, -0.15) is 11.8 Å². The van der Waals surface area contributed by atoms with Gasteiger partial charge in [0.1, 0.15) is 10.2 Å². The van der Waals surface area contributed by atoms with Gasteiger partial charge in [0.2, 0.25) is 5.43 Å². The number of anilines is 2. The maximum absolute atomic E-state index is 12.0. The first kappa shape index (κ1) is 16.5. The maximum atomic E-state index is 12.0. The Labute approximate surface area is 125 Å². The molecule has 0 saturated carbocycles. The summed E-state index contributed by atoms with van der Waals surface area (Å²) in [7, 11) is 2.03. The molecular formula is C14H24N2OS2. The molecule has 1 rings (SSSR count). The molecule has 0 aromatic heterocycles. The highest BCUT2D eigenvalue weighted by Gasteiger charge is 2.24. The van der Waals surface area contributed by atoms with Crippen LogP contribution >= 0.6 is 24.0 Å². The van der Waals surface area contributed by atoms with Crippen LogP contribution in [0.2, 0.25) is 0 Å². The molecule has 0 fully saturated rings. The van der Waals surface area contributed by atoms with Crippen LogP contribution in [0.1, 0.15) is 27.2 Å². The molecule has 3 nitrogen and oxygen atoms in total. The van der Waals surface area contributed by atoms with Crippen molar-refractivity contribution in [2.75, 3.05) is 42.7 Å². The van der Waals surface area contributed by atoms with Gasteiger partial charge >= 0.3 is 0 Å². The van der Waals surface area contributed by atoms with Crippen molar-refractivity contribution in [3.05, 3.63) is 14.7 Å². The van der Waals surface area contributed by atoms with Crippen LogP contribution < -0.4 is 15.2 Å². The third-order valence-corrected chi connectivity index (χ3v) is 5.01. The zero-order chi connectivity index (χ0) is 14.6. The molecule has 1 unspecified atom stereocenters. The summed E-state index contributed by atoms with van der Waals surface area (Å²) in [5, 5.41) is 0.629. The second-order valence-corrected chi connectivity index (χ2v) is 6.47. The number of hydrogen-bond donors (Lipinski definition) is 0. The van der Waals surface area contributed by atoms with Gasteiger partial charge in [-0.15, -0.1) is 0 Å². The highest BCUT2D eigenvalue weighted by atomic mass is 32.2. The second kappa shape index (κ2) is 7.29. The van der Waals surface area contributed by atoms with Gasteiger partial charge in [-0.25, -0.2) is 0 Å². The lowest BCUT2D eigenvalue weighted by Gasteiger charge is -2.31. The number of thioether (sulfide) groups is 1. The SMILES string of the molecule is CCN(CC)c1c(N(C)CCC(C)SC)c(=S)c1=O. The van der Waals surface area contributed by atoms with E-state index < -0.39 is 0 Å². The lowest BCUT2D eigenvalue weighted by molar-refractivity contribution is 0.770. The fourth-order valence-corrected chi connectivity index (χ4v) is 2.85. The Morgan fingerprint density at radius 1 is 1.26 bits per heavy atom. The van der Waals surface area contributed by atoms with Crippen molar-refractivity contribution in [1.29, 1.82) is 0 Å². The van der Waals surface area contributed by atoms with E-state index in [0.717, 1.165) is 37.4 Å². The van der Waals surface area contributed by atoms with Crippen LogP contribution in [0.4, 0.5) is 11.4 Å². The van der Waals surface area contributed by atoms with Crippen molar-refractivity contribution in [2.24, 2.45) is 0 Å². The molecule has 0 aliphatic carbocycles. The topological polar surface area (TPSA) is 23.6 Å². The van der Waals surface area contributed by atoms with Gasteiger partial charge < -0.3 is 9.80 Å². The Kier molecular flexibility index (Phi) is 6.33. The van der Waals surface area contributed by atoms with Gasteiger partial charge in [0.05, 0.1) is 5.69 Å². The third-order valence-electron chi connectivity index (χ3n) is 3.60. The number of hydrogen-bond acceptors (Lipinski definition) is 5. The molecule has 0 aliphatic rings. The van der Waals surface area contributed by atoms with Crippen LogP contribution in [0.15, 0.2) is 4.79 Å². The van der Waals surface area contributed by atoms with Gasteiger partial charge in [-0.05, 0) is 26.5 Å². The van der Waals surface area contributed by atoms with E-state index >= 15 is 0 Å². The van der Waals surface area contributed by atoms with E-state index in [9.17, 15) is 4.79 Å². The lowest BCUT2D eigenvalue weighted by Crippen LogP contribution is -2.36. The first-order chi connectivity index (χ1) is 8.97. The number of rotatable bonds is 8. The molecule has 0 saturated heterocycles. The van der Waals surface area contributed by atoms with E-state index in [1.165, 1.54) is 0 Å².